The van der Waals surface area contributed by atoms with Crippen LogP contribution < -0.4 is 4.74 Å². The van der Waals surface area contributed by atoms with Gasteiger partial charge in [0.15, 0.2) is 0 Å². The van der Waals surface area contributed by atoms with E-state index in [1.807, 2.05) is 13.0 Å². The SMILES string of the molecule is COC=C(C)c1cnccc1OC. The van der Waals surface area contributed by atoms with Crippen LogP contribution in [0.1, 0.15) is 12.5 Å². The van der Waals surface area contributed by atoms with E-state index in [1.165, 1.54) is 0 Å². The van der Waals surface area contributed by atoms with Gasteiger partial charge in [0.2, 0.25) is 0 Å². The van der Waals surface area contributed by atoms with Crippen molar-refractivity contribution in [3.63, 3.8) is 0 Å². The van der Waals surface area contributed by atoms with E-state index < -0.39 is 0 Å². The lowest BCUT2D eigenvalue weighted by atomic mass is 10.1. The third kappa shape index (κ3) is 2.21. The molecule has 70 valence electrons. The minimum atomic E-state index is 0.806. The Morgan fingerprint density at radius 3 is 2.85 bits per heavy atom. The van der Waals surface area contributed by atoms with Gasteiger partial charge in [-0.25, -0.2) is 0 Å². The van der Waals surface area contributed by atoms with E-state index in [4.69, 9.17) is 9.47 Å². The number of allylic oxidation sites excluding steroid dienone is 1. The lowest BCUT2D eigenvalue weighted by Gasteiger charge is -2.06. The summed E-state index contributed by atoms with van der Waals surface area (Å²) in [4.78, 5) is 4.02. The molecular formula is C10H13NO2. The fourth-order valence-corrected chi connectivity index (χ4v) is 1.10. The van der Waals surface area contributed by atoms with Gasteiger partial charge in [-0.05, 0) is 18.6 Å². The summed E-state index contributed by atoms with van der Waals surface area (Å²) in [7, 11) is 3.26. The Labute approximate surface area is 78.0 Å². The second kappa shape index (κ2) is 4.50. The Morgan fingerprint density at radius 2 is 2.23 bits per heavy atom. The monoisotopic (exact) mass is 179 g/mol. The molecule has 0 spiro atoms. The molecule has 0 unspecified atom stereocenters. The largest absolute Gasteiger partial charge is 0.504 e. The molecule has 0 aliphatic heterocycles. The maximum Gasteiger partial charge on any atom is 0.129 e. The molecule has 1 aromatic heterocycles. The number of aromatic nitrogens is 1. The third-order valence-corrected chi connectivity index (χ3v) is 1.72. The number of hydrogen-bond acceptors (Lipinski definition) is 3. The Kier molecular flexibility index (Phi) is 3.31. The van der Waals surface area contributed by atoms with Gasteiger partial charge in [-0.1, -0.05) is 0 Å². The smallest absolute Gasteiger partial charge is 0.129 e. The molecule has 0 radical (unpaired) electrons. The van der Waals surface area contributed by atoms with Gasteiger partial charge >= 0.3 is 0 Å². The Morgan fingerprint density at radius 1 is 1.46 bits per heavy atom. The average Bonchev–Trinajstić information content (AvgIpc) is 2.18. The van der Waals surface area contributed by atoms with E-state index in [2.05, 4.69) is 4.98 Å². The van der Waals surface area contributed by atoms with E-state index in [9.17, 15) is 0 Å². The predicted molar refractivity (Wildman–Crippen MR) is 51.4 cm³/mol. The second-order valence-electron chi connectivity index (χ2n) is 2.61. The van der Waals surface area contributed by atoms with Crippen LogP contribution in [-0.2, 0) is 4.74 Å². The van der Waals surface area contributed by atoms with Crippen molar-refractivity contribution in [1.29, 1.82) is 0 Å². The summed E-state index contributed by atoms with van der Waals surface area (Å²) in [5.74, 6) is 0.806. The highest BCUT2D eigenvalue weighted by Crippen LogP contribution is 2.23. The van der Waals surface area contributed by atoms with Crippen LogP contribution in [0.2, 0.25) is 0 Å². The molecule has 0 saturated heterocycles. The van der Waals surface area contributed by atoms with Crippen molar-refractivity contribution in [1.82, 2.24) is 4.98 Å². The van der Waals surface area contributed by atoms with Crippen LogP contribution in [0.5, 0.6) is 5.75 Å². The fraction of sp³-hybridized carbons (Fsp3) is 0.300. The average molecular weight is 179 g/mol. The van der Waals surface area contributed by atoms with E-state index in [0.29, 0.717) is 0 Å². The van der Waals surface area contributed by atoms with Gasteiger partial charge in [0.1, 0.15) is 5.75 Å². The summed E-state index contributed by atoms with van der Waals surface area (Å²) >= 11 is 0. The summed E-state index contributed by atoms with van der Waals surface area (Å²) in [5.41, 5.74) is 1.94. The first-order chi connectivity index (χ1) is 6.29. The molecular weight excluding hydrogens is 166 g/mol. The van der Waals surface area contributed by atoms with Gasteiger partial charge in [0, 0.05) is 18.0 Å². The Bertz CT molecular complexity index is 308. The summed E-state index contributed by atoms with van der Waals surface area (Å²) in [6.07, 6.45) is 5.12. The number of nitrogens with zero attached hydrogens (tertiary/aromatic N) is 1. The molecule has 0 saturated carbocycles. The number of rotatable bonds is 3. The van der Waals surface area contributed by atoms with Crippen LogP contribution >= 0.6 is 0 Å². The minimum absolute atomic E-state index is 0.806. The van der Waals surface area contributed by atoms with Gasteiger partial charge in [-0.3, -0.25) is 4.98 Å². The molecule has 0 aliphatic rings. The summed E-state index contributed by atoms with van der Waals surface area (Å²) in [5, 5.41) is 0. The van der Waals surface area contributed by atoms with Crippen molar-refractivity contribution in [3.05, 3.63) is 30.3 Å². The molecule has 0 amide bonds. The first-order valence-corrected chi connectivity index (χ1v) is 3.97. The predicted octanol–water partition coefficient (Wildman–Crippen LogP) is 2.10. The molecule has 3 nitrogen and oxygen atoms in total. The van der Waals surface area contributed by atoms with E-state index >= 15 is 0 Å². The molecule has 0 bridgehead atoms. The molecule has 0 N–H and O–H groups in total. The van der Waals surface area contributed by atoms with Crippen molar-refractivity contribution in [3.8, 4) is 5.75 Å². The summed E-state index contributed by atoms with van der Waals surface area (Å²) in [6, 6.07) is 1.82. The maximum absolute atomic E-state index is 5.18. The van der Waals surface area contributed by atoms with Crippen LogP contribution in [0.25, 0.3) is 5.57 Å². The van der Waals surface area contributed by atoms with Gasteiger partial charge in [0.25, 0.3) is 0 Å². The topological polar surface area (TPSA) is 31.4 Å². The Balaban J connectivity index is 3.05. The van der Waals surface area contributed by atoms with Crippen molar-refractivity contribution in [2.75, 3.05) is 14.2 Å². The highest BCUT2D eigenvalue weighted by Gasteiger charge is 2.03. The van der Waals surface area contributed by atoms with Crippen molar-refractivity contribution in [2.45, 2.75) is 6.92 Å². The number of pyridine rings is 1. The standard InChI is InChI=1S/C10H13NO2/c1-8(7-12-2)9-6-11-5-4-10(9)13-3/h4-7H,1-3H3. The van der Waals surface area contributed by atoms with Crippen molar-refractivity contribution >= 4 is 5.57 Å². The van der Waals surface area contributed by atoms with Crippen LogP contribution in [0, 0.1) is 0 Å². The summed E-state index contributed by atoms with van der Waals surface area (Å²) < 4.78 is 10.1. The lowest BCUT2D eigenvalue weighted by molar-refractivity contribution is 0.339. The van der Waals surface area contributed by atoms with Crippen LogP contribution in [0.4, 0.5) is 0 Å². The molecule has 0 fully saturated rings. The molecule has 1 aromatic rings. The zero-order valence-corrected chi connectivity index (χ0v) is 8.07. The summed E-state index contributed by atoms with van der Waals surface area (Å²) in [6.45, 7) is 1.95. The molecule has 0 aromatic carbocycles. The highest BCUT2D eigenvalue weighted by molar-refractivity contribution is 5.67. The zero-order chi connectivity index (χ0) is 9.68. The van der Waals surface area contributed by atoms with Gasteiger partial charge < -0.3 is 9.47 Å². The van der Waals surface area contributed by atoms with Crippen molar-refractivity contribution in [2.24, 2.45) is 0 Å². The minimum Gasteiger partial charge on any atom is -0.504 e. The van der Waals surface area contributed by atoms with Gasteiger partial charge in [-0.15, -0.1) is 0 Å². The first kappa shape index (κ1) is 9.58. The Hall–Kier alpha value is -1.51. The van der Waals surface area contributed by atoms with Crippen LogP contribution in [0.3, 0.4) is 0 Å². The molecule has 0 aliphatic carbocycles. The number of methoxy groups -OCH3 is 2. The fourth-order valence-electron chi connectivity index (χ4n) is 1.10. The van der Waals surface area contributed by atoms with Gasteiger partial charge in [-0.2, -0.15) is 0 Å². The highest BCUT2D eigenvalue weighted by atomic mass is 16.5. The normalized spacial score (nSPS) is 11.2. The second-order valence-corrected chi connectivity index (χ2v) is 2.61. The molecule has 3 heteroatoms. The quantitative estimate of drug-likeness (QED) is 0.666. The van der Waals surface area contributed by atoms with Gasteiger partial charge in [0.05, 0.1) is 20.5 Å². The van der Waals surface area contributed by atoms with E-state index in [-0.39, 0.29) is 0 Å². The third-order valence-electron chi connectivity index (χ3n) is 1.72. The van der Waals surface area contributed by atoms with Crippen molar-refractivity contribution < 1.29 is 9.47 Å². The lowest BCUT2D eigenvalue weighted by Crippen LogP contribution is -1.90. The number of ether oxygens (including phenoxy) is 2. The molecule has 13 heavy (non-hydrogen) atoms. The van der Waals surface area contributed by atoms with E-state index in [1.54, 1.807) is 32.9 Å². The molecule has 1 rings (SSSR count). The number of hydrogen-bond donors (Lipinski definition) is 0. The maximum atomic E-state index is 5.18. The molecule has 0 atom stereocenters. The zero-order valence-electron chi connectivity index (χ0n) is 8.07. The van der Waals surface area contributed by atoms with Crippen LogP contribution in [0.15, 0.2) is 24.7 Å². The van der Waals surface area contributed by atoms with Crippen LogP contribution in [-0.4, -0.2) is 19.2 Å². The molecule has 1 heterocycles. The van der Waals surface area contributed by atoms with E-state index in [0.717, 1.165) is 16.9 Å². The first-order valence-electron chi connectivity index (χ1n) is 3.97.